The molecule has 2 fully saturated rings. The van der Waals surface area contributed by atoms with E-state index in [0.29, 0.717) is 17.5 Å². The van der Waals surface area contributed by atoms with Crippen LogP contribution in [0.5, 0.6) is 0 Å². The van der Waals surface area contributed by atoms with Gasteiger partial charge >= 0.3 is 0 Å². The molecule has 7 nitrogen and oxygen atoms in total. The highest BCUT2D eigenvalue weighted by atomic mass is 35.5. The first-order chi connectivity index (χ1) is 12.7. The van der Waals surface area contributed by atoms with Crippen molar-refractivity contribution >= 4 is 21.4 Å². The highest BCUT2D eigenvalue weighted by molar-refractivity contribution is 7.91. The summed E-state index contributed by atoms with van der Waals surface area (Å²) in [6, 6.07) is -0.134. The number of rotatable bonds is 7. The van der Waals surface area contributed by atoms with Gasteiger partial charge in [0.1, 0.15) is 31.3 Å². The van der Waals surface area contributed by atoms with Crippen LogP contribution in [-0.2, 0) is 21.1 Å². The van der Waals surface area contributed by atoms with Crippen LogP contribution in [0.3, 0.4) is 0 Å². The first-order valence-corrected chi connectivity index (χ1v) is 12.2. The Morgan fingerprint density at radius 2 is 2.22 bits per heavy atom. The van der Waals surface area contributed by atoms with Gasteiger partial charge in [0.05, 0.1) is 42.0 Å². The molecule has 0 aliphatic carbocycles. The van der Waals surface area contributed by atoms with E-state index in [9.17, 15) is 8.42 Å². The van der Waals surface area contributed by atoms with Crippen LogP contribution >= 0.6 is 11.6 Å². The van der Waals surface area contributed by atoms with Gasteiger partial charge in [0.25, 0.3) is 0 Å². The van der Waals surface area contributed by atoms with Crippen LogP contribution in [0.2, 0.25) is 5.15 Å². The molecular formula is C18H33ClN4O3S+2. The SMILES string of the molecule is Cc1nn([C@@H]2CCS(=O)(=O)C2)c(Cl)c1C[NH2+]C[C@@H]1C[NH+](CC(C)C)CCO1. The molecule has 0 spiro atoms. The molecule has 0 saturated carbocycles. The molecule has 27 heavy (non-hydrogen) atoms. The molecule has 0 bridgehead atoms. The predicted molar refractivity (Wildman–Crippen MR) is 105 cm³/mol. The van der Waals surface area contributed by atoms with Gasteiger partial charge in [-0.05, 0) is 13.3 Å². The third kappa shape index (κ3) is 5.44. The molecule has 2 aliphatic rings. The van der Waals surface area contributed by atoms with Crippen LogP contribution in [0.25, 0.3) is 0 Å². The molecule has 1 unspecified atom stereocenters. The highest BCUT2D eigenvalue weighted by Crippen LogP contribution is 2.29. The van der Waals surface area contributed by atoms with Crippen molar-refractivity contribution in [2.24, 2.45) is 5.92 Å². The number of ether oxygens (including phenoxy) is 1. The zero-order chi connectivity index (χ0) is 19.6. The van der Waals surface area contributed by atoms with Crippen molar-refractivity contribution in [2.75, 3.05) is 44.3 Å². The molecular weight excluding hydrogens is 388 g/mol. The molecule has 3 heterocycles. The number of nitrogens with one attached hydrogen (secondary N) is 1. The number of nitrogens with two attached hydrogens (primary N) is 1. The van der Waals surface area contributed by atoms with Crippen molar-refractivity contribution in [1.29, 1.82) is 0 Å². The van der Waals surface area contributed by atoms with Crippen molar-refractivity contribution in [3.8, 4) is 0 Å². The summed E-state index contributed by atoms with van der Waals surface area (Å²) in [5.74, 6) is 1.07. The maximum Gasteiger partial charge on any atom is 0.155 e. The number of aryl methyl sites for hydroxylation is 1. The lowest BCUT2D eigenvalue weighted by molar-refractivity contribution is -0.917. The first kappa shape index (κ1) is 21.0. The summed E-state index contributed by atoms with van der Waals surface area (Å²) in [7, 11) is -2.96. The molecule has 154 valence electrons. The van der Waals surface area contributed by atoms with Gasteiger partial charge in [-0.3, -0.25) is 0 Å². The third-order valence-corrected chi connectivity index (χ3v) is 7.65. The van der Waals surface area contributed by atoms with Crippen molar-refractivity contribution in [1.82, 2.24) is 9.78 Å². The highest BCUT2D eigenvalue weighted by Gasteiger charge is 2.32. The molecule has 2 saturated heterocycles. The maximum absolute atomic E-state index is 11.8. The summed E-state index contributed by atoms with van der Waals surface area (Å²) in [6.45, 7) is 12.3. The Bertz CT molecular complexity index is 750. The minimum Gasteiger partial charge on any atom is -0.361 e. The summed E-state index contributed by atoms with van der Waals surface area (Å²) in [5, 5.41) is 7.35. The molecule has 3 N–H and O–H groups in total. The Hall–Kier alpha value is -0.670. The van der Waals surface area contributed by atoms with E-state index >= 15 is 0 Å². The van der Waals surface area contributed by atoms with Crippen LogP contribution in [0, 0.1) is 12.8 Å². The minimum atomic E-state index is -2.96. The second-order valence-electron chi connectivity index (χ2n) is 8.38. The van der Waals surface area contributed by atoms with Gasteiger partial charge in [-0.2, -0.15) is 5.10 Å². The molecule has 0 radical (unpaired) electrons. The monoisotopic (exact) mass is 420 g/mol. The van der Waals surface area contributed by atoms with E-state index in [1.54, 1.807) is 9.58 Å². The number of sulfone groups is 1. The van der Waals surface area contributed by atoms with Crippen LogP contribution in [0.1, 0.15) is 37.6 Å². The molecule has 0 amide bonds. The topological polar surface area (TPSA) is 82.2 Å². The van der Waals surface area contributed by atoms with Crippen molar-refractivity contribution in [2.45, 2.75) is 45.9 Å². The van der Waals surface area contributed by atoms with Gasteiger partial charge in [-0.1, -0.05) is 25.4 Å². The van der Waals surface area contributed by atoms with Crippen LogP contribution in [-0.4, -0.2) is 68.6 Å². The van der Waals surface area contributed by atoms with Crippen LogP contribution < -0.4 is 10.2 Å². The predicted octanol–water partition coefficient (Wildman–Crippen LogP) is -0.792. The van der Waals surface area contributed by atoms with Gasteiger partial charge in [-0.25, -0.2) is 13.1 Å². The second-order valence-corrected chi connectivity index (χ2v) is 11.0. The zero-order valence-electron chi connectivity index (χ0n) is 16.6. The van der Waals surface area contributed by atoms with E-state index in [-0.39, 0.29) is 23.7 Å². The quantitative estimate of drug-likeness (QED) is 0.605. The van der Waals surface area contributed by atoms with Crippen molar-refractivity contribution in [3.63, 3.8) is 0 Å². The number of aromatic nitrogens is 2. The maximum atomic E-state index is 11.8. The summed E-state index contributed by atoms with van der Waals surface area (Å²) < 4.78 is 31.1. The molecule has 1 aromatic rings. The van der Waals surface area contributed by atoms with E-state index in [0.717, 1.165) is 44.0 Å². The smallest absolute Gasteiger partial charge is 0.155 e. The lowest BCUT2D eigenvalue weighted by atomic mass is 10.1. The number of hydrogen-bond donors (Lipinski definition) is 2. The van der Waals surface area contributed by atoms with Crippen LogP contribution in [0.4, 0.5) is 0 Å². The molecule has 3 rings (SSSR count). The van der Waals surface area contributed by atoms with E-state index < -0.39 is 9.84 Å². The normalized spacial score (nSPS) is 28.1. The summed E-state index contributed by atoms with van der Waals surface area (Å²) in [4.78, 5) is 1.62. The molecule has 2 aliphatic heterocycles. The van der Waals surface area contributed by atoms with E-state index in [1.165, 1.54) is 6.54 Å². The summed E-state index contributed by atoms with van der Waals surface area (Å²) in [6.07, 6.45) is 0.859. The number of hydrogen-bond acceptors (Lipinski definition) is 4. The summed E-state index contributed by atoms with van der Waals surface area (Å²) in [5.41, 5.74) is 1.89. The van der Waals surface area contributed by atoms with Gasteiger partial charge < -0.3 is 15.0 Å². The number of nitrogens with zero attached hydrogens (tertiary/aromatic N) is 2. The Morgan fingerprint density at radius 1 is 1.44 bits per heavy atom. The average molecular weight is 421 g/mol. The Kier molecular flexibility index (Phi) is 6.84. The van der Waals surface area contributed by atoms with Crippen molar-refractivity contribution in [3.05, 3.63) is 16.4 Å². The van der Waals surface area contributed by atoms with E-state index in [1.807, 2.05) is 6.92 Å². The number of quaternary nitrogens is 2. The van der Waals surface area contributed by atoms with E-state index in [4.69, 9.17) is 16.3 Å². The molecule has 3 atom stereocenters. The van der Waals surface area contributed by atoms with Crippen LogP contribution in [0.15, 0.2) is 0 Å². The minimum absolute atomic E-state index is 0.134. The Morgan fingerprint density at radius 3 is 2.89 bits per heavy atom. The fourth-order valence-electron chi connectivity index (χ4n) is 4.18. The lowest BCUT2D eigenvalue weighted by Gasteiger charge is -2.30. The van der Waals surface area contributed by atoms with E-state index in [2.05, 4.69) is 24.3 Å². The van der Waals surface area contributed by atoms with Gasteiger partial charge in [0.15, 0.2) is 15.9 Å². The molecule has 1 aromatic heterocycles. The lowest BCUT2D eigenvalue weighted by Crippen LogP contribution is -3.16. The largest absolute Gasteiger partial charge is 0.361 e. The Labute approximate surface area is 167 Å². The molecule has 0 aromatic carbocycles. The second kappa shape index (κ2) is 8.78. The average Bonchev–Trinajstić information content (AvgIpc) is 3.08. The standard InChI is InChI=1S/C18H31ClN4O3S/c1-13(2)10-22-5-6-26-16(11-22)8-20-9-17-14(3)21-23(18(17)19)15-4-7-27(24,25)12-15/h13,15-16,20H,4-12H2,1-3H3/p+2/t15-,16-/m1/s1. The number of halogens is 1. The third-order valence-electron chi connectivity index (χ3n) is 5.50. The fourth-order valence-corrected chi connectivity index (χ4v) is 6.26. The number of morpholine rings is 1. The molecule has 9 heteroatoms. The first-order valence-electron chi connectivity index (χ1n) is 9.96. The zero-order valence-corrected chi connectivity index (χ0v) is 18.2. The fraction of sp³-hybridized carbons (Fsp3) is 0.833. The van der Waals surface area contributed by atoms with Gasteiger partial charge in [0.2, 0.25) is 0 Å². The van der Waals surface area contributed by atoms with Gasteiger partial charge in [0, 0.05) is 5.92 Å². The Balaban J connectivity index is 1.54. The van der Waals surface area contributed by atoms with Crippen molar-refractivity contribution < 1.29 is 23.4 Å². The van der Waals surface area contributed by atoms with Gasteiger partial charge in [-0.15, -0.1) is 0 Å². The summed E-state index contributed by atoms with van der Waals surface area (Å²) >= 11 is 6.56.